The van der Waals surface area contributed by atoms with Crippen LogP contribution in [0.4, 0.5) is 0 Å². The normalized spacial score (nSPS) is 20.3. The molecule has 8 heteroatoms. The summed E-state index contributed by atoms with van der Waals surface area (Å²) in [6.07, 6.45) is -0.866. The van der Waals surface area contributed by atoms with Crippen LogP contribution >= 0.6 is 0 Å². The number of aromatic nitrogens is 1. The Kier molecular flexibility index (Phi) is 5.49. The van der Waals surface area contributed by atoms with Crippen LogP contribution in [-0.2, 0) is 10.0 Å². The molecule has 0 spiro atoms. The molecule has 2 heterocycles. The molecule has 2 aromatic rings. The van der Waals surface area contributed by atoms with E-state index in [0.29, 0.717) is 5.56 Å². The summed E-state index contributed by atoms with van der Waals surface area (Å²) >= 11 is 0. The van der Waals surface area contributed by atoms with Gasteiger partial charge in [-0.05, 0) is 38.5 Å². The number of fused-ring (bicyclic) bond motifs is 1. The molecule has 1 aliphatic heterocycles. The number of likely N-dealkylation sites (tertiary alicyclic amines) is 1. The average molecular weight is 406 g/mol. The number of aliphatic hydroxyl groups excluding tert-OH is 1. The lowest BCUT2D eigenvalue weighted by molar-refractivity contribution is 0.0765. The maximum atomic E-state index is 13.4. The van der Waals surface area contributed by atoms with E-state index in [0.717, 1.165) is 32.0 Å². The van der Waals surface area contributed by atoms with Gasteiger partial charge in [-0.2, -0.15) is 0 Å². The second-order valence-corrected chi connectivity index (χ2v) is 10.0. The van der Waals surface area contributed by atoms with Gasteiger partial charge in [-0.15, -0.1) is 0 Å². The second kappa shape index (κ2) is 7.42. The quantitative estimate of drug-likeness (QED) is 0.832. The van der Waals surface area contributed by atoms with E-state index >= 15 is 0 Å². The van der Waals surface area contributed by atoms with Gasteiger partial charge >= 0.3 is 0 Å². The second-order valence-electron chi connectivity index (χ2n) is 7.82. The third kappa shape index (κ3) is 3.76. The Labute approximate surface area is 166 Å². The van der Waals surface area contributed by atoms with Crippen molar-refractivity contribution >= 4 is 26.8 Å². The summed E-state index contributed by atoms with van der Waals surface area (Å²) in [5.41, 5.74) is 3.95. The fourth-order valence-electron chi connectivity index (χ4n) is 3.63. The van der Waals surface area contributed by atoms with Crippen molar-refractivity contribution in [3.8, 4) is 0 Å². The first-order valence-electron chi connectivity index (χ1n) is 9.26. The molecular formula is C20H27N3O4S. The van der Waals surface area contributed by atoms with Crippen LogP contribution in [0, 0.1) is 26.7 Å². The van der Waals surface area contributed by atoms with Crippen molar-refractivity contribution in [1.29, 1.82) is 0 Å². The number of sulfonamides is 1. The summed E-state index contributed by atoms with van der Waals surface area (Å²) < 4.78 is 25.5. The molecule has 7 nitrogen and oxygen atoms in total. The Balaban J connectivity index is 1.95. The van der Waals surface area contributed by atoms with Crippen molar-refractivity contribution in [2.75, 3.05) is 32.9 Å². The van der Waals surface area contributed by atoms with Gasteiger partial charge in [0.1, 0.15) is 0 Å². The van der Waals surface area contributed by atoms with Crippen molar-refractivity contribution in [1.82, 2.24) is 14.2 Å². The van der Waals surface area contributed by atoms with Gasteiger partial charge in [0.2, 0.25) is 10.0 Å². The van der Waals surface area contributed by atoms with E-state index in [1.807, 2.05) is 39.0 Å². The van der Waals surface area contributed by atoms with Gasteiger partial charge in [0.05, 0.1) is 22.9 Å². The highest BCUT2D eigenvalue weighted by atomic mass is 32.2. The fourth-order valence-corrected chi connectivity index (χ4v) is 4.80. The molecule has 0 aliphatic carbocycles. The lowest BCUT2D eigenvalue weighted by Crippen LogP contribution is -2.34. The smallest absolute Gasteiger partial charge is 0.254 e. The molecule has 1 amide bonds. The molecule has 0 unspecified atom stereocenters. The minimum atomic E-state index is -3.46. The number of β-amino-alcohol motifs (C(OH)–C–C–N with tert-alkyl or cyclic N) is 1. The van der Waals surface area contributed by atoms with E-state index in [2.05, 4.69) is 4.98 Å². The van der Waals surface area contributed by atoms with Crippen LogP contribution in [-0.4, -0.2) is 72.7 Å². The Morgan fingerprint density at radius 3 is 2.57 bits per heavy atom. The minimum absolute atomic E-state index is 0.126. The van der Waals surface area contributed by atoms with E-state index in [1.165, 1.54) is 14.1 Å². The topological polar surface area (TPSA) is 90.8 Å². The Morgan fingerprint density at radius 1 is 1.25 bits per heavy atom. The maximum absolute atomic E-state index is 13.4. The van der Waals surface area contributed by atoms with Crippen molar-refractivity contribution < 1.29 is 18.3 Å². The zero-order valence-corrected chi connectivity index (χ0v) is 17.7. The number of hydrogen-bond acceptors (Lipinski definition) is 5. The van der Waals surface area contributed by atoms with Crippen molar-refractivity contribution in [2.24, 2.45) is 5.92 Å². The van der Waals surface area contributed by atoms with Crippen LogP contribution in [0.5, 0.6) is 0 Å². The molecule has 0 radical (unpaired) electrons. The third-order valence-electron chi connectivity index (χ3n) is 5.52. The van der Waals surface area contributed by atoms with Crippen LogP contribution in [0.1, 0.15) is 27.2 Å². The largest absolute Gasteiger partial charge is 0.391 e. The van der Waals surface area contributed by atoms with Crippen molar-refractivity contribution in [3.63, 3.8) is 0 Å². The summed E-state index contributed by atoms with van der Waals surface area (Å²) in [5.74, 6) is -0.880. The van der Waals surface area contributed by atoms with Crippen LogP contribution in [0.15, 0.2) is 18.2 Å². The lowest BCUT2D eigenvalue weighted by atomic mass is 9.99. The summed E-state index contributed by atoms with van der Waals surface area (Å²) in [6, 6.07) is 5.81. The average Bonchev–Trinajstić information content (AvgIpc) is 2.96. The Hall–Kier alpha value is -2.03. The van der Waals surface area contributed by atoms with Crippen molar-refractivity contribution in [3.05, 3.63) is 40.6 Å². The molecule has 1 N–H and O–H groups in total. The molecule has 1 aromatic carbocycles. The zero-order valence-electron chi connectivity index (χ0n) is 16.9. The number of carbonyl (C=O) groups is 1. The number of carbonyl (C=O) groups excluding carboxylic acids is 1. The Bertz CT molecular complexity index is 1030. The molecule has 1 fully saturated rings. The zero-order chi connectivity index (χ0) is 20.8. The predicted molar refractivity (Wildman–Crippen MR) is 109 cm³/mol. The first-order valence-corrected chi connectivity index (χ1v) is 10.9. The molecular weight excluding hydrogens is 378 g/mol. The summed E-state index contributed by atoms with van der Waals surface area (Å²) in [4.78, 5) is 19.5. The van der Waals surface area contributed by atoms with Crippen molar-refractivity contribution in [2.45, 2.75) is 26.9 Å². The van der Waals surface area contributed by atoms with E-state index in [9.17, 15) is 18.3 Å². The van der Waals surface area contributed by atoms with Gasteiger partial charge in [-0.3, -0.25) is 9.78 Å². The van der Waals surface area contributed by atoms with E-state index in [-0.39, 0.29) is 24.7 Å². The highest BCUT2D eigenvalue weighted by Gasteiger charge is 2.38. The predicted octanol–water partition coefficient (Wildman–Crippen LogP) is 1.48. The number of rotatable bonds is 4. The first kappa shape index (κ1) is 20.7. The standard InChI is InChI=1S/C20H27N3O4S/c1-12-6-7-17-16(8-12)19(13(2)14(3)21-17)20(25)23-9-15(18(24)10-23)11-28(26,27)22(4)5/h6-8,15,18,24H,9-11H2,1-5H3/t15-,18-/m0/s1. The van der Waals surface area contributed by atoms with Gasteiger partial charge < -0.3 is 10.0 Å². The molecule has 1 saturated heterocycles. The molecule has 3 rings (SSSR count). The number of aryl methyl sites for hydroxylation is 2. The first-order chi connectivity index (χ1) is 13.0. The number of aliphatic hydroxyl groups is 1. The molecule has 28 heavy (non-hydrogen) atoms. The van der Waals surface area contributed by atoms with Crippen LogP contribution in [0.25, 0.3) is 10.9 Å². The number of pyridine rings is 1. The highest BCUT2D eigenvalue weighted by molar-refractivity contribution is 7.89. The molecule has 1 aliphatic rings. The molecule has 152 valence electrons. The van der Waals surface area contributed by atoms with Crippen LogP contribution < -0.4 is 0 Å². The lowest BCUT2D eigenvalue weighted by Gasteiger charge is -2.20. The van der Waals surface area contributed by atoms with Crippen LogP contribution in [0.2, 0.25) is 0 Å². The number of hydrogen-bond donors (Lipinski definition) is 1. The van der Waals surface area contributed by atoms with Gasteiger partial charge in [0.15, 0.2) is 0 Å². The van der Waals surface area contributed by atoms with E-state index < -0.39 is 22.0 Å². The summed E-state index contributed by atoms with van der Waals surface area (Å²) in [6.45, 7) is 6.04. The fraction of sp³-hybridized carbons (Fsp3) is 0.500. The third-order valence-corrected chi connectivity index (χ3v) is 7.48. The number of benzene rings is 1. The van der Waals surface area contributed by atoms with E-state index in [4.69, 9.17) is 0 Å². The highest BCUT2D eigenvalue weighted by Crippen LogP contribution is 2.28. The monoisotopic (exact) mass is 405 g/mol. The number of nitrogens with zero attached hydrogens (tertiary/aromatic N) is 3. The SMILES string of the molecule is Cc1ccc2nc(C)c(C)c(C(=O)N3C[C@@H](CS(=O)(=O)N(C)C)[C@@H](O)C3)c2c1. The minimum Gasteiger partial charge on any atom is -0.391 e. The van der Waals surface area contributed by atoms with E-state index in [1.54, 1.807) is 4.90 Å². The molecule has 1 aromatic heterocycles. The van der Waals surface area contributed by atoms with Gasteiger partial charge in [-0.1, -0.05) is 11.6 Å². The number of amides is 1. The molecule has 2 atom stereocenters. The maximum Gasteiger partial charge on any atom is 0.254 e. The summed E-state index contributed by atoms with van der Waals surface area (Å²) in [5, 5.41) is 11.2. The van der Waals surface area contributed by atoms with Crippen LogP contribution in [0.3, 0.4) is 0 Å². The molecule has 0 saturated carbocycles. The summed E-state index contributed by atoms with van der Waals surface area (Å²) in [7, 11) is -0.519. The Morgan fingerprint density at radius 2 is 1.93 bits per heavy atom. The van der Waals surface area contributed by atoms with Gasteiger partial charge in [0.25, 0.3) is 5.91 Å². The van der Waals surface area contributed by atoms with Gasteiger partial charge in [-0.25, -0.2) is 12.7 Å². The van der Waals surface area contributed by atoms with Gasteiger partial charge in [0, 0.05) is 44.2 Å². The molecule has 0 bridgehead atoms.